The number of amides is 1. The molecule has 1 aromatic rings. The van der Waals surface area contributed by atoms with E-state index in [-0.39, 0.29) is 12.1 Å². The Balaban J connectivity index is 2.06. The summed E-state index contributed by atoms with van der Waals surface area (Å²) in [4.78, 5) is 14.4. The molecule has 0 aliphatic carbocycles. The maximum absolute atomic E-state index is 12.3. The molecule has 1 aliphatic heterocycles. The number of morpholine rings is 1. The summed E-state index contributed by atoms with van der Waals surface area (Å²) >= 11 is 0. The Kier molecular flexibility index (Phi) is 6.43. The van der Waals surface area contributed by atoms with Crippen molar-refractivity contribution in [3.63, 3.8) is 0 Å². The third kappa shape index (κ3) is 4.71. The molecule has 23 heavy (non-hydrogen) atoms. The summed E-state index contributed by atoms with van der Waals surface area (Å²) in [6, 6.07) is 7.43. The van der Waals surface area contributed by atoms with Crippen LogP contribution in [0.5, 0.6) is 5.75 Å². The van der Waals surface area contributed by atoms with Gasteiger partial charge in [0.15, 0.2) is 0 Å². The van der Waals surface area contributed by atoms with Crippen LogP contribution in [0.3, 0.4) is 0 Å². The first-order valence-electron chi connectivity index (χ1n) is 7.67. The standard InChI is InChI=1S/C17H24N2O4/c1-13(19-8-10-23-11-9-19)18-17(20)12-16(22-3)14-6-4-5-7-15(14)21-2/h4-7,12-13H,8-11H2,1-3H3,(H,18,20)/b16-12+. The third-order valence-electron chi connectivity index (χ3n) is 3.80. The average molecular weight is 320 g/mol. The summed E-state index contributed by atoms with van der Waals surface area (Å²) in [7, 11) is 3.13. The SMILES string of the molecule is CO/C(=C/C(=O)NC(C)N1CCOCC1)c1ccccc1OC. The van der Waals surface area contributed by atoms with Crippen LogP contribution in [0, 0.1) is 0 Å². The van der Waals surface area contributed by atoms with Gasteiger partial charge in [0.25, 0.3) is 0 Å². The van der Waals surface area contributed by atoms with E-state index in [1.165, 1.54) is 13.2 Å². The van der Waals surface area contributed by atoms with E-state index in [2.05, 4.69) is 10.2 Å². The van der Waals surface area contributed by atoms with Gasteiger partial charge >= 0.3 is 0 Å². The molecule has 0 radical (unpaired) electrons. The lowest BCUT2D eigenvalue weighted by molar-refractivity contribution is -0.118. The first-order chi connectivity index (χ1) is 11.2. The number of methoxy groups -OCH3 is 2. The number of carbonyl (C=O) groups excluding carboxylic acids is 1. The summed E-state index contributed by atoms with van der Waals surface area (Å²) in [5, 5.41) is 2.96. The molecule has 6 heteroatoms. The van der Waals surface area contributed by atoms with E-state index < -0.39 is 0 Å². The minimum atomic E-state index is -0.202. The Morgan fingerprint density at radius 3 is 2.65 bits per heavy atom. The van der Waals surface area contributed by atoms with Gasteiger partial charge in [-0.05, 0) is 19.1 Å². The number of para-hydroxylation sites is 1. The van der Waals surface area contributed by atoms with Crippen LogP contribution in [0.15, 0.2) is 30.3 Å². The van der Waals surface area contributed by atoms with Crippen LogP contribution in [-0.2, 0) is 14.3 Å². The Labute approximate surface area is 137 Å². The van der Waals surface area contributed by atoms with E-state index in [1.54, 1.807) is 7.11 Å². The molecular formula is C17H24N2O4. The molecule has 0 aromatic heterocycles. The second kappa shape index (κ2) is 8.55. The highest BCUT2D eigenvalue weighted by molar-refractivity contribution is 5.94. The van der Waals surface area contributed by atoms with Gasteiger partial charge in [-0.25, -0.2) is 0 Å². The molecule has 1 amide bonds. The predicted octanol–water partition coefficient (Wildman–Crippen LogP) is 1.48. The van der Waals surface area contributed by atoms with Crippen molar-refractivity contribution in [1.82, 2.24) is 10.2 Å². The summed E-state index contributed by atoms with van der Waals surface area (Å²) in [5.74, 6) is 0.926. The lowest BCUT2D eigenvalue weighted by Gasteiger charge is -2.32. The molecule has 126 valence electrons. The fourth-order valence-electron chi connectivity index (χ4n) is 2.52. The Bertz CT molecular complexity index is 553. The van der Waals surface area contributed by atoms with Crippen molar-refractivity contribution in [3.05, 3.63) is 35.9 Å². The van der Waals surface area contributed by atoms with Gasteiger partial charge in [-0.15, -0.1) is 0 Å². The molecule has 1 fully saturated rings. The topological polar surface area (TPSA) is 60.0 Å². The molecule has 1 N–H and O–H groups in total. The first kappa shape index (κ1) is 17.3. The van der Waals surface area contributed by atoms with Gasteiger partial charge in [0, 0.05) is 19.2 Å². The van der Waals surface area contributed by atoms with E-state index in [0.29, 0.717) is 24.7 Å². The number of hydrogen-bond donors (Lipinski definition) is 1. The van der Waals surface area contributed by atoms with Crippen molar-refractivity contribution in [2.45, 2.75) is 13.1 Å². The monoisotopic (exact) mass is 320 g/mol. The van der Waals surface area contributed by atoms with E-state index in [4.69, 9.17) is 14.2 Å². The lowest BCUT2D eigenvalue weighted by Crippen LogP contribution is -2.50. The number of hydrogen-bond acceptors (Lipinski definition) is 5. The number of ether oxygens (including phenoxy) is 3. The van der Waals surface area contributed by atoms with Crippen LogP contribution < -0.4 is 10.1 Å². The van der Waals surface area contributed by atoms with Crippen LogP contribution in [0.4, 0.5) is 0 Å². The van der Waals surface area contributed by atoms with Gasteiger partial charge in [0.05, 0.1) is 39.2 Å². The van der Waals surface area contributed by atoms with E-state index >= 15 is 0 Å². The third-order valence-corrected chi connectivity index (χ3v) is 3.80. The summed E-state index contributed by atoms with van der Waals surface area (Å²) in [6.45, 7) is 4.98. The van der Waals surface area contributed by atoms with Gasteiger partial charge < -0.3 is 19.5 Å². The van der Waals surface area contributed by atoms with Crippen molar-refractivity contribution in [3.8, 4) is 5.75 Å². The number of rotatable bonds is 6. The maximum Gasteiger partial charge on any atom is 0.248 e. The lowest BCUT2D eigenvalue weighted by atomic mass is 10.1. The van der Waals surface area contributed by atoms with Crippen LogP contribution >= 0.6 is 0 Å². The molecule has 1 atom stereocenters. The molecule has 0 saturated carbocycles. The van der Waals surface area contributed by atoms with Crippen LogP contribution in [-0.4, -0.2) is 57.5 Å². The normalized spacial score (nSPS) is 17.4. The van der Waals surface area contributed by atoms with Crippen molar-refractivity contribution in [2.75, 3.05) is 40.5 Å². The van der Waals surface area contributed by atoms with Crippen LogP contribution in [0.1, 0.15) is 12.5 Å². The molecule has 6 nitrogen and oxygen atoms in total. The average Bonchev–Trinajstić information content (AvgIpc) is 2.60. The van der Waals surface area contributed by atoms with E-state index in [1.807, 2.05) is 31.2 Å². The highest BCUT2D eigenvalue weighted by atomic mass is 16.5. The molecular weight excluding hydrogens is 296 g/mol. The fraction of sp³-hybridized carbons (Fsp3) is 0.471. The number of nitrogens with one attached hydrogen (secondary N) is 1. The minimum Gasteiger partial charge on any atom is -0.496 e. The Hall–Kier alpha value is -2.05. The highest BCUT2D eigenvalue weighted by Crippen LogP contribution is 2.25. The quantitative estimate of drug-likeness (QED) is 0.635. The molecule has 1 heterocycles. The molecule has 1 aromatic carbocycles. The van der Waals surface area contributed by atoms with Crippen molar-refractivity contribution in [2.24, 2.45) is 0 Å². The second-order valence-corrected chi connectivity index (χ2v) is 5.25. The van der Waals surface area contributed by atoms with Crippen LogP contribution in [0.2, 0.25) is 0 Å². The van der Waals surface area contributed by atoms with Crippen molar-refractivity contribution >= 4 is 11.7 Å². The molecule has 0 spiro atoms. The Morgan fingerprint density at radius 1 is 1.30 bits per heavy atom. The van der Waals surface area contributed by atoms with Gasteiger partial charge in [-0.2, -0.15) is 0 Å². The number of carbonyl (C=O) groups is 1. The number of benzene rings is 1. The largest absolute Gasteiger partial charge is 0.496 e. The van der Waals surface area contributed by atoms with Gasteiger partial charge in [0.1, 0.15) is 11.5 Å². The molecule has 1 aliphatic rings. The molecule has 1 saturated heterocycles. The first-order valence-corrected chi connectivity index (χ1v) is 7.67. The van der Waals surface area contributed by atoms with Gasteiger partial charge in [0.2, 0.25) is 5.91 Å². The summed E-state index contributed by atoms with van der Waals surface area (Å²) < 4.78 is 16.0. The van der Waals surface area contributed by atoms with Gasteiger partial charge in [-0.3, -0.25) is 9.69 Å². The zero-order valence-electron chi connectivity index (χ0n) is 13.9. The van der Waals surface area contributed by atoms with Crippen molar-refractivity contribution in [1.29, 1.82) is 0 Å². The maximum atomic E-state index is 12.3. The van der Waals surface area contributed by atoms with Crippen LogP contribution in [0.25, 0.3) is 5.76 Å². The van der Waals surface area contributed by atoms with Gasteiger partial charge in [-0.1, -0.05) is 12.1 Å². The van der Waals surface area contributed by atoms with E-state index in [9.17, 15) is 4.79 Å². The highest BCUT2D eigenvalue weighted by Gasteiger charge is 2.18. The molecule has 0 bridgehead atoms. The smallest absolute Gasteiger partial charge is 0.248 e. The minimum absolute atomic E-state index is 0.0570. The molecule has 1 unspecified atom stereocenters. The zero-order valence-corrected chi connectivity index (χ0v) is 13.9. The summed E-state index contributed by atoms with van der Waals surface area (Å²) in [6.07, 6.45) is 1.40. The molecule has 2 rings (SSSR count). The predicted molar refractivity (Wildman–Crippen MR) is 88.0 cm³/mol. The Morgan fingerprint density at radius 2 is 2.00 bits per heavy atom. The fourth-order valence-corrected chi connectivity index (χ4v) is 2.52. The zero-order chi connectivity index (χ0) is 16.7. The van der Waals surface area contributed by atoms with Crippen molar-refractivity contribution < 1.29 is 19.0 Å². The summed E-state index contributed by atoms with van der Waals surface area (Å²) in [5.41, 5.74) is 0.742. The number of nitrogens with zero attached hydrogens (tertiary/aromatic N) is 1. The second-order valence-electron chi connectivity index (χ2n) is 5.25. The van der Waals surface area contributed by atoms with E-state index in [0.717, 1.165) is 18.7 Å².